The summed E-state index contributed by atoms with van der Waals surface area (Å²) in [6.07, 6.45) is -0.572. The van der Waals surface area contributed by atoms with Crippen molar-refractivity contribution in [2.75, 3.05) is 0 Å². The smallest absolute Gasteiger partial charge is 0.323 e. The van der Waals surface area contributed by atoms with E-state index < -0.39 is 23.7 Å². The Hall–Kier alpha value is -2.92. The van der Waals surface area contributed by atoms with Gasteiger partial charge in [0.2, 0.25) is 0 Å². The molecule has 1 atom stereocenters. The van der Waals surface area contributed by atoms with Crippen LogP contribution in [-0.2, 0) is 21.6 Å². The van der Waals surface area contributed by atoms with Crippen LogP contribution in [0.3, 0.4) is 0 Å². The van der Waals surface area contributed by atoms with Gasteiger partial charge in [-0.3, -0.25) is 4.79 Å². The van der Waals surface area contributed by atoms with Crippen LogP contribution in [0.4, 0.5) is 8.78 Å². The van der Waals surface area contributed by atoms with E-state index in [4.69, 9.17) is 21.1 Å². The number of benzene rings is 3. The van der Waals surface area contributed by atoms with E-state index in [9.17, 15) is 13.6 Å². The van der Waals surface area contributed by atoms with Crippen molar-refractivity contribution in [2.24, 2.45) is 0 Å². The lowest BCUT2D eigenvalue weighted by Crippen LogP contribution is -2.29. The van der Waals surface area contributed by atoms with Gasteiger partial charge >= 0.3 is 5.97 Å². The predicted molar refractivity (Wildman–Crippen MR) is 105 cm³/mol. The van der Waals surface area contributed by atoms with E-state index in [1.54, 1.807) is 24.3 Å². The first-order valence-electron chi connectivity index (χ1n) is 9.04. The number of carbonyl (C=O) groups is 1. The molecule has 3 aromatic carbocycles. The predicted octanol–water partition coefficient (Wildman–Crippen LogP) is 6.15. The summed E-state index contributed by atoms with van der Waals surface area (Å²) in [6, 6.07) is 22.1. The van der Waals surface area contributed by atoms with Crippen LogP contribution in [0.1, 0.15) is 17.5 Å². The lowest BCUT2D eigenvalue weighted by molar-refractivity contribution is -0.151. The lowest BCUT2D eigenvalue weighted by atomic mass is 9.95. The highest BCUT2D eigenvalue weighted by Crippen LogP contribution is 2.62. The van der Waals surface area contributed by atoms with E-state index in [2.05, 4.69) is 0 Å². The number of esters is 1. The molecule has 0 N–H and O–H groups in total. The second-order valence-corrected chi connectivity index (χ2v) is 7.37. The summed E-state index contributed by atoms with van der Waals surface area (Å²) < 4.78 is 39.4. The number of para-hydroxylation sites is 1. The van der Waals surface area contributed by atoms with Gasteiger partial charge in [0.05, 0.1) is 0 Å². The second kappa shape index (κ2) is 7.48. The van der Waals surface area contributed by atoms with Crippen LogP contribution in [0.15, 0.2) is 78.9 Å². The Balaban J connectivity index is 1.46. The Morgan fingerprint density at radius 1 is 0.931 bits per heavy atom. The molecule has 0 saturated heterocycles. The van der Waals surface area contributed by atoms with Crippen LogP contribution in [-0.4, -0.2) is 11.9 Å². The number of ether oxygens (including phenoxy) is 2. The first-order valence-corrected chi connectivity index (χ1v) is 9.41. The SMILES string of the molecule is O=C(OCc1cccc(Oc2ccccc2)c1)C1(c2ccc(Cl)cc2)CC1(F)F. The molecule has 0 amide bonds. The van der Waals surface area contributed by atoms with Crippen molar-refractivity contribution in [1.29, 1.82) is 0 Å². The molecule has 0 aromatic heterocycles. The van der Waals surface area contributed by atoms with Gasteiger partial charge < -0.3 is 9.47 Å². The molecule has 29 heavy (non-hydrogen) atoms. The Kier molecular flexibility index (Phi) is 5.01. The van der Waals surface area contributed by atoms with Gasteiger partial charge in [0, 0.05) is 11.4 Å². The Morgan fingerprint density at radius 3 is 2.24 bits per heavy atom. The maximum absolute atomic E-state index is 14.2. The molecule has 6 heteroatoms. The lowest BCUT2D eigenvalue weighted by Gasteiger charge is -2.16. The second-order valence-electron chi connectivity index (χ2n) is 6.93. The van der Waals surface area contributed by atoms with Crippen molar-refractivity contribution in [3.05, 3.63) is 95.0 Å². The molecule has 1 saturated carbocycles. The molecule has 1 aliphatic carbocycles. The molecular formula is C23H17ClF2O3. The standard InChI is InChI=1S/C23H17ClF2O3/c24-18-11-9-17(10-12-18)22(15-23(22,25)26)21(27)28-14-16-5-4-8-20(13-16)29-19-6-2-1-3-7-19/h1-13H,14-15H2. The fourth-order valence-electron chi connectivity index (χ4n) is 3.27. The third kappa shape index (κ3) is 3.83. The van der Waals surface area contributed by atoms with Crippen molar-refractivity contribution in [2.45, 2.75) is 24.4 Å². The molecular weight excluding hydrogens is 398 g/mol. The highest BCUT2D eigenvalue weighted by Gasteiger charge is 2.77. The van der Waals surface area contributed by atoms with Gasteiger partial charge in [0.1, 0.15) is 18.1 Å². The van der Waals surface area contributed by atoms with Gasteiger partial charge in [-0.1, -0.05) is 54.1 Å². The first kappa shape index (κ1) is 19.4. The number of carbonyl (C=O) groups excluding carboxylic acids is 1. The van der Waals surface area contributed by atoms with Crippen LogP contribution in [0, 0.1) is 0 Å². The van der Waals surface area contributed by atoms with Crippen molar-refractivity contribution in [1.82, 2.24) is 0 Å². The summed E-state index contributed by atoms with van der Waals surface area (Å²) >= 11 is 5.83. The minimum Gasteiger partial charge on any atom is -0.460 e. The maximum Gasteiger partial charge on any atom is 0.323 e. The highest BCUT2D eigenvalue weighted by atomic mass is 35.5. The molecule has 0 radical (unpaired) electrons. The average molecular weight is 415 g/mol. The molecule has 3 aromatic rings. The molecule has 0 bridgehead atoms. The van der Waals surface area contributed by atoms with E-state index in [0.29, 0.717) is 22.1 Å². The van der Waals surface area contributed by atoms with Crippen molar-refractivity contribution >= 4 is 17.6 Å². The van der Waals surface area contributed by atoms with Gasteiger partial charge in [0.25, 0.3) is 5.92 Å². The molecule has 0 spiro atoms. The van der Waals surface area contributed by atoms with Gasteiger partial charge in [-0.25, -0.2) is 8.78 Å². The zero-order valence-corrected chi connectivity index (χ0v) is 16.0. The highest BCUT2D eigenvalue weighted by molar-refractivity contribution is 6.30. The number of rotatable bonds is 6. The quantitative estimate of drug-likeness (QED) is 0.453. The summed E-state index contributed by atoms with van der Waals surface area (Å²) in [7, 11) is 0. The summed E-state index contributed by atoms with van der Waals surface area (Å²) in [5, 5.41) is 0.413. The normalized spacial score (nSPS) is 19.4. The van der Waals surface area contributed by atoms with Crippen LogP contribution in [0.5, 0.6) is 11.5 Å². The molecule has 4 rings (SSSR count). The molecule has 1 unspecified atom stereocenters. The van der Waals surface area contributed by atoms with Crippen molar-refractivity contribution in [3.63, 3.8) is 0 Å². The zero-order chi connectivity index (χ0) is 20.5. The van der Waals surface area contributed by atoms with Crippen molar-refractivity contribution < 1.29 is 23.0 Å². The van der Waals surface area contributed by atoms with E-state index in [1.165, 1.54) is 24.3 Å². The Morgan fingerprint density at radius 2 is 1.59 bits per heavy atom. The van der Waals surface area contributed by atoms with E-state index in [-0.39, 0.29) is 12.2 Å². The van der Waals surface area contributed by atoms with Gasteiger partial charge in [-0.15, -0.1) is 0 Å². The number of hydrogen-bond acceptors (Lipinski definition) is 3. The molecule has 1 aliphatic rings. The minimum atomic E-state index is -3.14. The van der Waals surface area contributed by atoms with Crippen LogP contribution < -0.4 is 4.74 Å². The maximum atomic E-state index is 14.2. The van der Waals surface area contributed by atoms with Crippen LogP contribution >= 0.6 is 11.6 Å². The van der Waals surface area contributed by atoms with E-state index >= 15 is 0 Å². The summed E-state index contributed by atoms with van der Waals surface area (Å²) in [6.45, 7) is -0.129. The van der Waals surface area contributed by atoms with Crippen LogP contribution in [0.25, 0.3) is 0 Å². The van der Waals surface area contributed by atoms with Gasteiger partial charge in [-0.2, -0.15) is 0 Å². The van der Waals surface area contributed by atoms with Crippen molar-refractivity contribution in [3.8, 4) is 11.5 Å². The Labute approximate surface area is 171 Å². The largest absolute Gasteiger partial charge is 0.460 e. The van der Waals surface area contributed by atoms with Gasteiger partial charge in [-0.05, 0) is 47.5 Å². The number of hydrogen-bond donors (Lipinski definition) is 0. The monoisotopic (exact) mass is 414 g/mol. The zero-order valence-electron chi connectivity index (χ0n) is 15.3. The van der Waals surface area contributed by atoms with Crippen LogP contribution in [0.2, 0.25) is 5.02 Å². The molecule has 0 aliphatic heterocycles. The fraction of sp³-hybridized carbons (Fsp3) is 0.174. The third-order valence-electron chi connectivity index (χ3n) is 4.92. The van der Waals surface area contributed by atoms with E-state index in [0.717, 1.165) is 0 Å². The number of halogens is 3. The fourth-order valence-corrected chi connectivity index (χ4v) is 3.40. The van der Waals surface area contributed by atoms with Gasteiger partial charge in [0.15, 0.2) is 5.41 Å². The first-order chi connectivity index (χ1) is 13.9. The third-order valence-corrected chi connectivity index (χ3v) is 5.17. The summed E-state index contributed by atoms with van der Waals surface area (Å²) in [5.74, 6) is -2.86. The average Bonchev–Trinajstić information content (AvgIpc) is 3.31. The summed E-state index contributed by atoms with van der Waals surface area (Å²) in [5.41, 5.74) is -1.10. The molecule has 148 valence electrons. The molecule has 0 heterocycles. The number of alkyl halides is 2. The minimum absolute atomic E-state index is 0.129. The topological polar surface area (TPSA) is 35.5 Å². The molecule has 1 fully saturated rings. The summed E-state index contributed by atoms with van der Waals surface area (Å²) in [4.78, 5) is 12.6. The Bertz CT molecular complexity index is 1020. The molecule has 3 nitrogen and oxygen atoms in total. The van der Waals surface area contributed by atoms with E-state index in [1.807, 2.05) is 30.3 Å².